The maximum Gasteiger partial charge on any atom is 0.256 e. The highest BCUT2D eigenvalue weighted by Gasteiger charge is 2.42. The molecule has 0 unspecified atom stereocenters. The number of carbonyl (C=O) groups is 1. The molecule has 2 fully saturated rings. The average molecular weight is 403 g/mol. The van der Waals surface area contributed by atoms with E-state index in [9.17, 15) is 4.79 Å². The number of piperidine rings is 1. The highest BCUT2D eigenvalue weighted by molar-refractivity contribution is 5.97. The second-order valence-corrected chi connectivity index (χ2v) is 8.75. The Bertz CT molecular complexity index is 612. The smallest absolute Gasteiger partial charge is 0.256 e. The van der Waals surface area contributed by atoms with Crippen LogP contribution in [-0.2, 0) is 9.53 Å². The molecule has 1 N–H and O–H groups in total. The average Bonchev–Trinajstić information content (AvgIpc) is 2.75. The Balaban J connectivity index is 1.50. The molecule has 1 aliphatic heterocycles. The molecule has 5 nitrogen and oxygen atoms in total. The molecule has 1 saturated heterocycles. The highest BCUT2D eigenvalue weighted by Crippen LogP contribution is 2.36. The largest absolute Gasteiger partial charge is 0.492 e. The molecule has 29 heavy (non-hydrogen) atoms. The van der Waals surface area contributed by atoms with Crippen LogP contribution >= 0.6 is 0 Å². The van der Waals surface area contributed by atoms with Gasteiger partial charge in [-0.2, -0.15) is 0 Å². The number of benzene rings is 1. The van der Waals surface area contributed by atoms with Crippen LogP contribution in [0.5, 0.6) is 5.75 Å². The van der Waals surface area contributed by atoms with Gasteiger partial charge in [-0.05, 0) is 88.2 Å². The van der Waals surface area contributed by atoms with Gasteiger partial charge in [0.05, 0.1) is 0 Å². The second-order valence-electron chi connectivity index (χ2n) is 8.75. The first-order valence-electron chi connectivity index (χ1n) is 11.5. The van der Waals surface area contributed by atoms with E-state index < -0.39 is 5.60 Å². The first kappa shape index (κ1) is 22.1. The van der Waals surface area contributed by atoms with Gasteiger partial charge in [0, 0.05) is 18.8 Å². The summed E-state index contributed by atoms with van der Waals surface area (Å²) in [6, 6.07) is 7.73. The third-order valence-electron chi connectivity index (χ3n) is 6.32. The first-order chi connectivity index (χ1) is 14.1. The molecular weight excluding hydrogens is 364 g/mol. The van der Waals surface area contributed by atoms with E-state index in [0.29, 0.717) is 19.1 Å². The Morgan fingerprint density at radius 2 is 1.79 bits per heavy atom. The number of rotatable bonds is 9. The summed E-state index contributed by atoms with van der Waals surface area (Å²) in [5, 5.41) is 3.08. The van der Waals surface area contributed by atoms with Gasteiger partial charge in [0.1, 0.15) is 18.0 Å². The number of hydrogen-bond donors (Lipinski definition) is 1. The molecule has 162 valence electrons. The Morgan fingerprint density at radius 1 is 1.10 bits per heavy atom. The van der Waals surface area contributed by atoms with Crippen molar-refractivity contribution in [1.29, 1.82) is 0 Å². The van der Waals surface area contributed by atoms with Crippen LogP contribution in [0.1, 0.15) is 65.2 Å². The molecular formula is C24H38N2O3. The van der Waals surface area contributed by atoms with Crippen molar-refractivity contribution in [2.75, 3.05) is 38.2 Å². The van der Waals surface area contributed by atoms with Gasteiger partial charge in [-0.25, -0.2) is 0 Å². The van der Waals surface area contributed by atoms with Crippen molar-refractivity contribution < 1.29 is 14.3 Å². The van der Waals surface area contributed by atoms with E-state index in [1.807, 2.05) is 24.3 Å². The fourth-order valence-electron chi connectivity index (χ4n) is 4.32. The molecule has 0 aromatic heterocycles. The fraction of sp³-hybridized carbons (Fsp3) is 0.708. The van der Waals surface area contributed by atoms with Crippen molar-refractivity contribution in [3.63, 3.8) is 0 Å². The van der Waals surface area contributed by atoms with Gasteiger partial charge in [-0.3, -0.25) is 9.69 Å². The lowest BCUT2D eigenvalue weighted by atomic mass is 9.78. The van der Waals surface area contributed by atoms with Gasteiger partial charge in [0.25, 0.3) is 5.91 Å². The summed E-state index contributed by atoms with van der Waals surface area (Å²) in [7, 11) is 0. The van der Waals surface area contributed by atoms with Gasteiger partial charge in [0.15, 0.2) is 0 Å². The first-order valence-corrected chi connectivity index (χ1v) is 11.5. The lowest BCUT2D eigenvalue weighted by molar-refractivity contribution is -0.147. The fourth-order valence-corrected chi connectivity index (χ4v) is 4.32. The topological polar surface area (TPSA) is 50.8 Å². The maximum atomic E-state index is 13.1. The van der Waals surface area contributed by atoms with E-state index in [1.165, 1.54) is 32.4 Å². The van der Waals surface area contributed by atoms with E-state index in [0.717, 1.165) is 50.1 Å². The summed E-state index contributed by atoms with van der Waals surface area (Å²) >= 11 is 0. The van der Waals surface area contributed by atoms with Crippen molar-refractivity contribution in [3.8, 4) is 5.75 Å². The summed E-state index contributed by atoms with van der Waals surface area (Å²) in [6.07, 6.45) is 8.58. The molecule has 0 atom stereocenters. The number of carbonyl (C=O) groups excluding carboxylic acids is 1. The zero-order valence-electron chi connectivity index (χ0n) is 18.3. The van der Waals surface area contributed by atoms with Crippen LogP contribution in [0.4, 0.5) is 5.69 Å². The molecule has 0 bridgehead atoms. The molecule has 1 aliphatic carbocycles. The van der Waals surface area contributed by atoms with Crippen LogP contribution in [0.2, 0.25) is 0 Å². The van der Waals surface area contributed by atoms with Crippen molar-refractivity contribution in [3.05, 3.63) is 24.3 Å². The summed E-state index contributed by atoms with van der Waals surface area (Å²) in [5.41, 5.74) is 0.128. The van der Waals surface area contributed by atoms with Crippen molar-refractivity contribution in [2.45, 2.75) is 70.8 Å². The Morgan fingerprint density at radius 3 is 2.45 bits per heavy atom. The van der Waals surface area contributed by atoms with E-state index in [-0.39, 0.29) is 5.91 Å². The molecule has 1 heterocycles. The number of nitrogens with one attached hydrogen (secondary N) is 1. The number of nitrogens with zero attached hydrogens (tertiary/aromatic N) is 1. The van der Waals surface area contributed by atoms with Crippen molar-refractivity contribution >= 4 is 11.6 Å². The Hall–Kier alpha value is -1.59. The Labute approximate surface area is 176 Å². The summed E-state index contributed by atoms with van der Waals surface area (Å²) in [4.78, 5) is 15.5. The number of anilines is 1. The summed E-state index contributed by atoms with van der Waals surface area (Å²) in [6.45, 7) is 9.04. The summed E-state index contributed by atoms with van der Waals surface area (Å²) < 4.78 is 12.0. The molecule has 1 aromatic carbocycles. The molecule has 3 rings (SSSR count). The molecule has 0 radical (unpaired) electrons. The summed E-state index contributed by atoms with van der Waals surface area (Å²) in [5.74, 6) is 1.52. The molecule has 2 aliphatic rings. The van der Waals surface area contributed by atoms with E-state index in [2.05, 4.69) is 24.1 Å². The van der Waals surface area contributed by atoms with Crippen molar-refractivity contribution in [1.82, 2.24) is 4.90 Å². The minimum absolute atomic E-state index is 0.00313. The quantitative estimate of drug-likeness (QED) is 0.640. The molecule has 0 spiro atoms. The minimum atomic E-state index is -0.674. The number of likely N-dealkylation sites (tertiary alicyclic amines) is 1. The predicted octanol–water partition coefficient (Wildman–Crippen LogP) is 4.87. The number of amides is 1. The molecule has 1 saturated carbocycles. The highest BCUT2D eigenvalue weighted by atomic mass is 16.5. The Kier molecular flexibility index (Phi) is 8.37. The molecule has 1 amide bonds. The van der Waals surface area contributed by atoms with Crippen LogP contribution in [0.25, 0.3) is 0 Å². The maximum absolute atomic E-state index is 13.1. The van der Waals surface area contributed by atoms with Crippen LogP contribution in [0.3, 0.4) is 0 Å². The third-order valence-corrected chi connectivity index (χ3v) is 6.32. The predicted molar refractivity (Wildman–Crippen MR) is 117 cm³/mol. The van der Waals surface area contributed by atoms with Crippen LogP contribution in [-0.4, -0.2) is 49.3 Å². The van der Waals surface area contributed by atoms with Crippen LogP contribution < -0.4 is 10.1 Å². The normalized spacial score (nSPS) is 25.5. The van der Waals surface area contributed by atoms with Gasteiger partial charge < -0.3 is 14.8 Å². The van der Waals surface area contributed by atoms with Crippen LogP contribution in [0.15, 0.2) is 24.3 Å². The van der Waals surface area contributed by atoms with E-state index >= 15 is 0 Å². The standard InChI is InChI=1S/C24H38N2O3/c1-3-18-29-24(13-11-20(2)12-14-24)23(27)25-21-7-9-22(10-8-21)28-19-17-26-15-5-4-6-16-26/h7-10,20H,3-6,11-19H2,1-2H3,(H,25,27). The zero-order valence-corrected chi connectivity index (χ0v) is 18.3. The van der Waals surface area contributed by atoms with Crippen molar-refractivity contribution in [2.24, 2.45) is 5.92 Å². The van der Waals surface area contributed by atoms with Crippen LogP contribution in [0, 0.1) is 5.92 Å². The lowest BCUT2D eigenvalue weighted by Gasteiger charge is -2.38. The second kappa shape index (κ2) is 11.0. The molecule has 5 heteroatoms. The van der Waals surface area contributed by atoms with Gasteiger partial charge in [-0.1, -0.05) is 20.3 Å². The minimum Gasteiger partial charge on any atom is -0.492 e. The van der Waals surface area contributed by atoms with E-state index in [4.69, 9.17) is 9.47 Å². The number of hydrogen-bond acceptors (Lipinski definition) is 4. The van der Waals surface area contributed by atoms with Gasteiger partial charge in [-0.15, -0.1) is 0 Å². The monoisotopic (exact) mass is 402 g/mol. The third kappa shape index (κ3) is 6.45. The van der Waals surface area contributed by atoms with Gasteiger partial charge in [0.2, 0.25) is 0 Å². The van der Waals surface area contributed by atoms with E-state index in [1.54, 1.807) is 0 Å². The SMILES string of the molecule is CCCOC1(C(=O)Nc2ccc(OCCN3CCCCC3)cc2)CCC(C)CC1. The van der Waals surface area contributed by atoms with Gasteiger partial charge >= 0.3 is 0 Å². The zero-order chi connectivity index (χ0) is 20.5. The molecule has 1 aromatic rings. The lowest BCUT2D eigenvalue weighted by Crippen LogP contribution is -2.48. The number of ether oxygens (including phenoxy) is 2.